The first-order valence-corrected chi connectivity index (χ1v) is 3.84. The molecule has 0 aromatic rings. The first kappa shape index (κ1) is 10.1. The Balaban J connectivity index is 0.000000461. The minimum Gasteiger partial charge on any atom is -0.497 e. The second-order valence-electron chi connectivity index (χ2n) is 3.09. The lowest BCUT2D eigenvalue weighted by Gasteiger charge is -2.13. The zero-order valence-electron chi connectivity index (χ0n) is 7.50. The first-order valence-electron chi connectivity index (χ1n) is 3.84. The molecule has 1 unspecified atom stereocenters. The summed E-state index contributed by atoms with van der Waals surface area (Å²) in [6, 6.07) is 0. The van der Waals surface area contributed by atoms with Crippen molar-refractivity contribution in [1.29, 1.82) is 0 Å². The van der Waals surface area contributed by atoms with Gasteiger partial charge in [0.2, 0.25) is 0 Å². The van der Waals surface area contributed by atoms with Gasteiger partial charge in [0.15, 0.2) is 0 Å². The average Bonchev–Trinajstić information content (AvgIpc) is 2.40. The van der Waals surface area contributed by atoms with Gasteiger partial charge < -0.3 is 4.74 Å². The van der Waals surface area contributed by atoms with E-state index in [0.29, 0.717) is 12.0 Å². The summed E-state index contributed by atoms with van der Waals surface area (Å²) in [6.45, 7) is 6.50. The van der Waals surface area contributed by atoms with Gasteiger partial charge in [-0.3, -0.25) is 0 Å². The van der Waals surface area contributed by atoms with Crippen LogP contribution in [0.25, 0.3) is 0 Å². The Hall–Kier alpha value is -0.900. The van der Waals surface area contributed by atoms with Gasteiger partial charge in [0.1, 0.15) is 6.10 Å². The largest absolute Gasteiger partial charge is 0.497 e. The zero-order valence-corrected chi connectivity index (χ0v) is 7.50. The van der Waals surface area contributed by atoms with Gasteiger partial charge in [-0.15, -0.1) is 12.8 Å². The normalized spacial score (nSPS) is 21.6. The topological polar surface area (TPSA) is 9.23 Å². The summed E-state index contributed by atoms with van der Waals surface area (Å²) in [5.74, 6) is 0.652. The Bertz CT molecular complexity index is 154. The molecule has 0 radical (unpaired) electrons. The summed E-state index contributed by atoms with van der Waals surface area (Å²) < 4.78 is 5.36. The van der Waals surface area contributed by atoms with Crippen LogP contribution in [0.4, 0.5) is 0 Å². The van der Waals surface area contributed by atoms with Crippen molar-refractivity contribution >= 4 is 0 Å². The molecule has 0 saturated heterocycles. The van der Waals surface area contributed by atoms with Gasteiger partial charge in [-0.05, 0) is 18.4 Å². The van der Waals surface area contributed by atoms with Crippen molar-refractivity contribution in [3.05, 3.63) is 11.8 Å². The molecule has 1 atom stereocenters. The molecule has 1 aliphatic heterocycles. The molecule has 62 valence electrons. The average molecular weight is 152 g/mol. The molecule has 1 rings (SSSR count). The molecule has 0 fully saturated rings. The van der Waals surface area contributed by atoms with E-state index in [9.17, 15) is 0 Å². The summed E-state index contributed by atoms with van der Waals surface area (Å²) >= 11 is 0. The minimum atomic E-state index is 0.449. The van der Waals surface area contributed by atoms with Crippen molar-refractivity contribution in [3.63, 3.8) is 0 Å². The molecular formula is C10H16O. The van der Waals surface area contributed by atoms with E-state index < -0.39 is 0 Å². The van der Waals surface area contributed by atoms with E-state index in [4.69, 9.17) is 4.74 Å². The molecule has 1 heterocycles. The second kappa shape index (κ2) is 4.85. The summed E-state index contributed by atoms with van der Waals surface area (Å²) in [7, 11) is 0. The van der Waals surface area contributed by atoms with Crippen LogP contribution in [0.15, 0.2) is 11.8 Å². The number of hydrogen-bond acceptors (Lipinski definition) is 1. The summed E-state index contributed by atoms with van der Waals surface area (Å²) in [6.07, 6.45) is 11.5. The van der Waals surface area contributed by atoms with Crippen LogP contribution in [0.1, 0.15) is 27.2 Å². The van der Waals surface area contributed by atoms with Crippen LogP contribution in [-0.2, 0) is 4.74 Å². The van der Waals surface area contributed by atoms with Crippen molar-refractivity contribution < 1.29 is 4.74 Å². The van der Waals surface area contributed by atoms with Gasteiger partial charge in [0.05, 0.1) is 6.26 Å². The predicted molar refractivity (Wildman–Crippen MR) is 48.0 cm³/mol. The highest BCUT2D eigenvalue weighted by atomic mass is 16.5. The molecule has 0 spiro atoms. The molecule has 1 heteroatoms. The highest BCUT2D eigenvalue weighted by Gasteiger charge is 2.18. The molecule has 0 aromatic heterocycles. The molecular weight excluding hydrogens is 136 g/mol. The Morgan fingerprint density at radius 2 is 2.09 bits per heavy atom. The van der Waals surface area contributed by atoms with Crippen molar-refractivity contribution in [2.45, 2.75) is 33.3 Å². The Kier molecular flexibility index (Phi) is 4.45. The monoisotopic (exact) mass is 152 g/mol. The van der Waals surface area contributed by atoms with Crippen LogP contribution >= 0.6 is 0 Å². The van der Waals surface area contributed by atoms with Crippen LogP contribution in [0.3, 0.4) is 0 Å². The standard InChI is InChI=1S/C8H14O.C2H2/c1-6(2)8-4-7(3)5-9-8;1-2/h5-6,8H,4H2,1-3H3;1-2H. The predicted octanol–water partition coefficient (Wildman–Crippen LogP) is 2.58. The Morgan fingerprint density at radius 3 is 2.27 bits per heavy atom. The number of ether oxygens (including phenoxy) is 1. The maximum absolute atomic E-state index is 5.36. The van der Waals surface area contributed by atoms with Crippen molar-refractivity contribution in [2.24, 2.45) is 5.92 Å². The third kappa shape index (κ3) is 3.13. The van der Waals surface area contributed by atoms with Gasteiger partial charge in [-0.25, -0.2) is 0 Å². The quantitative estimate of drug-likeness (QED) is 0.525. The van der Waals surface area contributed by atoms with Crippen LogP contribution in [0, 0.1) is 18.8 Å². The lowest BCUT2D eigenvalue weighted by molar-refractivity contribution is 0.125. The number of rotatable bonds is 1. The summed E-state index contributed by atoms with van der Waals surface area (Å²) in [4.78, 5) is 0. The molecule has 1 aliphatic rings. The van der Waals surface area contributed by atoms with Gasteiger partial charge >= 0.3 is 0 Å². The molecule has 0 N–H and O–H groups in total. The number of hydrogen-bond donors (Lipinski definition) is 0. The van der Waals surface area contributed by atoms with E-state index in [1.807, 2.05) is 6.26 Å². The molecule has 0 bridgehead atoms. The van der Waals surface area contributed by atoms with Crippen LogP contribution in [-0.4, -0.2) is 6.10 Å². The highest BCUT2D eigenvalue weighted by molar-refractivity contribution is 5.01. The Labute approximate surface area is 69.4 Å². The van der Waals surface area contributed by atoms with E-state index in [1.165, 1.54) is 5.57 Å². The third-order valence-corrected chi connectivity index (χ3v) is 1.71. The molecule has 0 saturated carbocycles. The van der Waals surface area contributed by atoms with Crippen molar-refractivity contribution in [1.82, 2.24) is 0 Å². The van der Waals surface area contributed by atoms with E-state index >= 15 is 0 Å². The molecule has 0 aromatic carbocycles. The van der Waals surface area contributed by atoms with E-state index in [2.05, 4.69) is 33.6 Å². The lowest BCUT2D eigenvalue weighted by Crippen LogP contribution is -2.12. The second-order valence-corrected chi connectivity index (χ2v) is 3.09. The van der Waals surface area contributed by atoms with Crippen LogP contribution in [0.5, 0.6) is 0 Å². The fourth-order valence-corrected chi connectivity index (χ4v) is 1.01. The fourth-order valence-electron chi connectivity index (χ4n) is 1.01. The van der Waals surface area contributed by atoms with Crippen molar-refractivity contribution in [2.75, 3.05) is 0 Å². The van der Waals surface area contributed by atoms with Crippen LogP contribution < -0.4 is 0 Å². The maximum Gasteiger partial charge on any atom is 0.104 e. The fraction of sp³-hybridized carbons (Fsp3) is 0.600. The molecule has 0 amide bonds. The lowest BCUT2D eigenvalue weighted by atomic mass is 10.0. The van der Waals surface area contributed by atoms with E-state index in [1.54, 1.807) is 0 Å². The van der Waals surface area contributed by atoms with Gasteiger partial charge in [0.25, 0.3) is 0 Å². The summed E-state index contributed by atoms with van der Waals surface area (Å²) in [5, 5.41) is 0. The highest BCUT2D eigenvalue weighted by Crippen LogP contribution is 2.22. The van der Waals surface area contributed by atoms with E-state index in [-0.39, 0.29) is 0 Å². The zero-order chi connectivity index (χ0) is 8.85. The molecule has 0 aliphatic carbocycles. The van der Waals surface area contributed by atoms with E-state index in [0.717, 1.165) is 6.42 Å². The summed E-state index contributed by atoms with van der Waals surface area (Å²) in [5.41, 5.74) is 1.37. The molecule has 1 nitrogen and oxygen atoms in total. The van der Waals surface area contributed by atoms with Crippen LogP contribution in [0.2, 0.25) is 0 Å². The third-order valence-electron chi connectivity index (χ3n) is 1.71. The van der Waals surface area contributed by atoms with Crippen molar-refractivity contribution in [3.8, 4) is 12.8 Å². The molecule has 11 heavy (non-hydrogen) atoms. The van der Waals surface area contributed by atoms with Gasteiger partial charge in [-0.2, -0.15) is 0 Å². The SMILES string of the molecule is C#C.CC1=COC(C(C)C)C1. The smallest absolute Gasteiger partial charge is 0.104 e. The first-order chi connectivity index (χ1) is 5.20. The minimum absolute atomic E-state index is 0.449. The van der Waals surface area contributed by atoms with Gasteiger partial charge in [0, 0.05) is 6.42 Å². The Morgan fingerprint density at radius 1 is 1.55 bits per heavy atom. The maximum atomic E-state index is 5.36. The van der Waals surface area contributed by atoms with Gasteiger partial charge in [-0.1, -0.05) is 13.8 Å². The number of terminal acetylenes is 1.